The first kappa shape index (κ1) is 22.5. The van der Waals surface area contributed by atoms with E-state index in [9.17, 15) is 10.1 Å². The molecule has 0 bridgehead atoms. The minimum atomic E-state index is -0.387. The lowest BCUT2D eigenvalue weighted by Gasteiger charge is -2.29. The molecule has 2 atom stereocenters. The Bertz CT molecular complexity index is 1360. The van der Waals surface area contributed by atoms with Gasteiger partial charge >= 0.3 is 0 Å². The van der Waals surface area contributed by atoms with Gasteiger partial charge in [0, 0.05) is 35.9 Å². The van der Waals surface area contributed by atoms with Crippen molar-refractivity contribution in [2.75, 3.05) is 11.5 Å². The third kappa shape index (κ3) is 4.33. The summed E-state index contributed by atoms with van der Waals surface area (Å²) >= 11 is 5.81. The smallest absolute Gasteiger partial charge is 0.271 e. The molecule has 5 rings (SSSR count). The van der Waals surface area contributed by atoms with Gasteiger partial charge in [0.05, 0.1) is 29.0 Å². The summed E-state index contributed by atoms with van der Waals surface area (Å²) in [7, 11) is 0. The number of nitrogens with zero attached hydrogens (tertiary/aromatic N) is 4. The number of pyridine rings is 1. The van der Waals surface area contributed by atoms with E-state index in [1.54, 1.807) is 18.3 Å². The number of rotatable bonds is 7. The van der Waals surface area contributed by atoms with Crippen LogP contribution in [0.15, 0.2) is 91.3 Å². The second-order valence-electron chi connectivity index (χ2n) is 8.00. The van der Waals surface area contributed by atoms with Gasteiger partial charge in [-0.2, -0.15) is 0 Å². The highest BCUT2D eigenvalue weighted by atomic mass is 32.1. The molecule has 35 heavy (non-hydrogen) atoms. The number of hydrogen-bond donors (Lipinski definition) is 1. The van der Waals surface area contributed by atoms with Gasteiger partial charge in [0.1, 0.15) is 11.8 Å². The molecule has 1 N–H and O–H groups in total. The van der Waals surface area contributed by atoms with Crippen LogP contribution in [-0.4, -0.2) is 26.2 Å². The Morgan fingerprint density at radius 3 is 2.60 bits per heavy atom. The highest BCUT2D eigenvalue weighted by Gasteiger charge is 2.42. The molecule has 0 spiro atoms. The zero-order chi connectivity index (χ0) is 24.4. The van der Waals surface area contributed by atoms with E-state index in [1.165, 1.54) is 6.07 Å². The number of non-ortho nitro benzene ring substituents is 1. The van der Waals surface area contributed by atoms with Gasteiger partial charge in [-0.25, -0.2) is 0 Å². The maximum absolute atomic E-state index is 11.4. The van der Waals surface area contributed by atoms with E-state index in [0.29, 0.717) is 17.4 Å². The Morgan fingerprint density at radius 1 is 1.06 bits per heavy atom. The summed E-state index contributed by atoms with van der Waals surface area (Å²) in [6.45, 7) is 2.53. The van der Waals surface area contributed by atoms with Gasteiger partial charge in [-0.05, 0) is 73.7 Å². The van der Waals surface area contributed by atoms with Gasteiger partial charge in [-0.3, -0.25) is 15.1 Å². The maximum atomic E-state index is 11.4. The molecule has 8 nitrogen and oxygen atoms in total. The van der Waals surface area contributed by atoms with E-state index in [1.807, 2.05) is 78.4 Å². The normalized spacial score (nSPS) is 17.3. The summed E-state index contributed by atoms with van der Waals surface area (Å²) < 4.78 is 7.57. The fourth-order valence-corrected chi connectivity index (χ4v) is 4.78. The van der Waals surface area contributed by atoms with Crippen LogP contribution in [0, 0.1) is 10.1 Å². The summed E-state index contributed by atoms with van der Waals surface area (Å²) in [5.41, 5.74) is 3.40. The minimum Gasteiger partial charge on any atom is -0.494 e. The van der Waals surface area contributed by atoms with Crippen molar-refractivity contribution in [3.63, 3.8) is 0 Å². The Morgan fingerprint density at radius 2 is 1.89 bits per heavy atom. The van der Waals surface area contributed by atoms with Gasteiger partial charge < -0.3 is 19.5 Å². The molecule has 4 aromatic rings. The molecule has 0 radical (unpaired) electrons. The monoisotopic (exact) mass is 485 g/mol. The quantitative estimate of drug-likeness (QED) is 0.214. The predicted octanol–water partition coefficient (Wildman–Crippen LogP) is 5.36. The zero-order valence-electron chi connectivity index (χ0n) is 18.9. The number of ether oxygens (including phenoxy) is 1. The van der Waals surface area contributed by atoms with Crippen molar-refractivity contribution in [3.05, 3.63) is 113 Å². The Hall–Kier alpha value is -4.24. The Balaban J connectivity index is 1.63. The lowest BCUT2D eigenvalue weighted by molar-refractivity contribution is -0.384. The fourth-order valence-electron chi connectivity index (χ4n) is 4.43. The molecular formula is C26H23N5O3S. The van der Waals surface area contributed by atoms with Crippen molar-refractivity contribution in [1.29, 1.82) is 0 Å². The first-order valence-electron chi connectivity index (χ1n) is 11.2. The van der Waals surface area contributed by atoms with Crippen LogP contribution in [0.25, 0.3) is 5.69 Å². The van der Waals surface area contributed by atoms with Gasteiger partial charge in [0.15, 0.2) is 5.11 Å². The van der Waals surface area contributed by atoms with E-state index in [0.717, 1.165) is 22.8 Å². The average Bonchev–Trinajstić information content (AvgIpc) is 3.50. The lowest BCUT2D eigenvalue weighted by Crippen LogP contribution is -2.30. The lowest BCUT2D eigenvalue weighted by atomic mass is 10.0. The zero-order valence-corrected chi connectivity index (χ0v) is 19.8. The standard InChI is InChI=1S/C26H23N5O3S/c1-2-34-21-13-11-18(12-14-21)30-25(24(28-26(30)35)22-9-3-4-15-27-22)23-10-6-16-29(23)19-7-5-8-20(17-19)31(32)33/h3-17,24-25H,2H2,1H3,(H,28,35)/t24-,25+/m1/s1. The van der Waals surface area contributed by atoms with Crippen molar-refractivity contribution in [3.8, 4) is 11.4 Å². The number of nitrogens with one attached hydrogen (secondary N) is 1. The molecule has 1 aliphatic heterocycles. The number of hydrogen-bond acceptors (Lipinski definition) is 5. The molecule has 2 aromatic carbocycles. The van der Waals surface area contributed by atoms with Crippen LogP contribution in [0.1, 0.15) is 30.4 Å². The van der Waals surface area contributed by atoms with Crippen LogP contribution in [-0.2, 0) is 0 Å². The molecule has 1 saturated heterocycles. The van der Waals surface area contributed by atoms with Gasteiger partial charge in [-0.15, -0.1) is 0 Å². The first-order valence-corrected chi connectivity index (χ1v) is 11.6. The fraction of sp³-hybridized carbons (Fsp3) is 0.154. The van der Waals surface area contributed by atoms with Crippen LogP contribution in [0.5, 0.6) is 5.75 Å². The van der Waals surface area contributed by atoms with E-state index >= 15 is 0 Å². The molecule has 9 heteroatoms. The molecule has 0 aliphatic carbocycles. The number of anilines is 1. The van der Waals surface area contributed by atoms with Crippen LogP contribution in [0.2, 0.25) is 0 Å². The summed E-state index contributed by atoms with van der Waals surface area (Å²) in [5, 5.41) is 15.4. The summed E-state index contributed by atoms with van der Waals surface area (Å²) in [6.07, 6.45) is 3.66. The van der Waals surface area contributed by atoms with Crippen molar-refractivity contribution < 1.29 is 9.66 Å². The van der Waals surface area contributed by atoms with E-state index in [2.05, 4.69) is 15.2 Å². The van der Waals surface area contributed by atoms with Gasteiger partial charge in [0.25, 0.3) is 5.69 Å². The van der Waals surface area contributed by atoms with E-state index in [-0.39, 0.29) is 22.7 Å². The second kappa shape index (κ2) is 9.55. The molecule has 2 aromatic heterocycles. The number of nitro benzene ring substituents is 1. The molecule has 3 heterocycles. The van der Waals surface area contributed by atoms with Crippen molar-refractivity contribution in [2.45, 2.75) is 19.0 Å². The summed E-state index contributed by atoms with van der Waals surface area (Å²) in [6, 6.07) is 23.6. The Kier molecular flexibility index (Phi) is 6.15. The number of aromatic nitrogens is 2. The van der Waals surface area contributed by atoms with E-state index in [4.69, 9.17) is 17.0 Å². The predicted molar refractivity (Wildman–Crippen MR) is 138 cm³/mol. The third-order valence-electron chi connectivity index (χ3n) is 5.93. The number of nitro groups is 1. The molecule has 176 valence electrons. The molecule has 0 amide bonds. The maximum Gasteiger partial charge on any atom is 0.271 e. The van der Waals surface area contributed by atoms with Gasteiger partial charge in [-0.1, -0.05) is 12.1 Å². The highest BCUT2D eigenvalue weighted by molar-refractivity contribution is 7.80. The molecule has 1 aliphatic rings. The van der Waals surface area contributed by atoms with Crippen molar-refractivity contribution in [2.24, 2.45) is 0 Å². The molecule has 0 saturated carbocycles. The summed E-state index contributed by atoms with van der Waals surface area (Å²) in [4.78, 5) is 17.7. The minimum absolute atomic E-state index is 0.0341. The average molecular weight is 486 g/mol. The van der Waals surface area contributed by atoms with Crippen molar-refractivity contribution >= 4 is 28.7 Å². The van der Waals surface area contributed by atoms with E-state index < -0.39 is 0 Å². The van der Waals surface area contributed by atoms with Gasteiger partial charge in [0.2, 0.25) is 0 Å². The largest absolute Gasteiger partial charge is 0.494 e. The summed E-state index contributed by atoms with van der Waals surface area (Å²) in [5.74, 6) is 0.784. The Labute approximate surface area is 207 Å². The van der Waals surface area contributed by atoms with Crippen LogP contribution >= 0.6 is 12.2 Å². The highest BCUT2D eigenvalue weighted by Crippen LogP contribution is 2.42. The van der Waals surface area contributed by atoms with Crippen molar-refractivity contribution in [1.82, 2.24) is 14.9 Å². The van der Waals surface area contributed by atoms with Crippen LogP contribution in [0.4, 0.5) is 11.4 Å². The molecule has 1 fully saturated rings. The molecule has 0 unspecified atom stereocenters. The first-order chi connectivity index (χ1) is 17.1. The topological polar surface area (TPSA) is 85.5 Å². The SMILES string of the molecule is CCOc1ccc(N2C(=S)N[C@H](c3ccccn3)[C@@H]2c2cccn2-c2cccc([N+](=O)[O-])c2)cc1. The number of benzene rings is 2. The second-order valence-corrected chi connectivity index (χ2v) is 8.39. The van der Waals surface area contributed by atoms with Crippen LogP contribution in [0.3, 0.4) is 0 Å². The third-order valence-corrected chi connectivity index (χ3v) is 6.24. The molecular weight excluding hydrogens is 462 g/mol. The number of thiocarbonyl (C=S) groups is 1. The van der Waals surface area contributed by atoms with Crippen LogP contribution < -0.4 is 15.0 Å².